The second-order valence-corrected chi connectivity index (χ2v) is 6.20. The van der Waals surface area contributed by atoms with Crippen molar-refractivity contribution in [3.8, 4) is 0 Å². The van der Waals surface area contributed by atoms with Crippen LogP contribution in [0.25, 0.3) is 11.0 Å². The SMILES string of the molecule is C=CCN1CCCC1CN=C(OC)c1cc2n[nH]nc2cc1C(C)=O. The maximum atomic E-state index is 12.1. The monoisotopic (exact) mass is 341 g/mol. The third kappa shape index (κ3) is 3.61. The van der Waals surface area contributed by atoms with Crippen LogP contribution >= 0.6 is 0 Å². The van der Waals surface area contributed by atoms with Crippen molar-refractivity contribution in [1.29, 1.82) is 0 Å². The Labute approximate surface area is 146 Å². The number of ketones is 1. The number of carbonyl (C=O) groups is 1. The van der Waals surface area contributed by atoms with Crippen LogP contribution in [0.5, 0.6) is 0 Å². The molecule has 1 aliphatic heterocycles. The molecule has 7 heteroatoms. The fraction of sp³-hybridized carbons (Fsp3) is 0.444. The molecule has 0 saturated carbocycles. The molecule has 1 fully saturated rings. The molecule has 1 unspecified atom stereocenters. The van der Waals surface area contributed by atoms with E-state index in [1.54, 1.807) is 19.2 Å². The highest BCUT2D eigenvalue weighted by Crippen LogP contribution is 2.21. The Bertz CT molecular complexity index is 811. The van der Waals surface area contributed by atoms with Crippen LogP contribution in [-0.4, -0.2) is 64.8 Å². The molecule has 1 aliphatic rings. The van der Waals surface area contributed by atoms with E-state index in [0.29, 0.717) is 40.6 Å². The first-order valence-corrected chi connectivity index (χ1v) is 8.43. The molecule has 0 amide bonds. The lowest BCUT2D eigenvalue weighted by Crippen LogP contribution is -2.32. The van der Waals surface area contributed by atoms with E-state index in [-0.39, 0.29) is 5.78 Å². The van der Waals surface area contributed by atoms with Gasteiger partial charge in [0.05, 0.1) is 13.7 Å². The Morgan fingerprint density at radius 3 is 2.80 bits per heavy atom. The van der Waals surface area contributed by atoms with E-state index in [0.717, 1.165) is 19.5 Å². The van der Waals surface area contributed by atoms with E-state index < -0.39 is 0 Å². The van der Waals surface area contributed by atoms with Gasteiger partial charge >= 0.3 is 0 Å². The summed E-state index contributed by atoms with van der Waals surface area (Å²) in [5.74, 6) is 0.402. The van der Waals surface area contributed by atoms with Crippen LogP contribution in [0, 0.1) is 0 Å². The number of aliphatic imine (C=N–C) groups is 1. The van der Waals surface area contributed by atoms with Crippen molar-refractivity contribution in [2.45, 2.75) is 25.8 Å². The molecule has 3 rings (SSSR count). The fourth-order valence-electron chi connectivity index (χ4n) is 3.31. The molecule has 1 aromatic heterocycles. The lowest BCUT2D eigenvalue weighted by atomic mass is 10.0. The van der Waals surface area contributed by atoms with Gasteiger partial charge in [0.25, 0.3) is 0 Å². The Morgan fingerprint density at radius 2 is 2.16 bits per heavy atom. The lowest BCUT2D eigenvalue weighted by Gasteiger charge is -2.21. The smallest absolute Gasteiger partial charge is 0.216 e. The van der Waals surface area contributed by atoms with E-state index in [2.05, 4.69) is 31.9 Å². The molecule has 7 nitrogen and oxygen atoms in total. The van der Waals surface area contributed by atoms with E-state index in [9.17, 15) is 4.79 Å². The number of methoxy groups -OCH3 is 1. The first-order valence-electron chi connectivity index (χ1n) is 8.43. The average Bonchev–Trinajstić information content (AvgIpc) is 3.23. The number of aromatic amines is 1. The summed E-state index contributed by atoms with van der Waals surface area (Å²) >= 11 is 0. The Hall–Kier alpha value is -2.54. The van der Waals surface area contributed by atoms with Crippen LogP contribution in [-0.2, 0) is 4.74 Å². The van der Waals surface area contributed by atoms with Crippen molar-refractivity contribution in [2.24, 2.45) is 4.99 Å². The molecule has 1 saturated heterocycles. The minimum Gasteiger partial charge on any atom is -0.481 e. The highest BCUT2D eigenvalue weighted by molar-refractivity contribution is 6.09. The average molecular weight is 341 g/mol. The van der Waals surface area contributed by atoms with Gasteiger partial charge in [-0.05, 0) is 38.4 Å². The predicted molar refractivity (Wildman–Crippen MR) is 97.1 cm³/mol. The molecule has 1 N–H and O–H groups in total. The van der Waals surface area contributed by atoms with E-state index in [1.165, 1.54) is 13.3 Å². The number of Topliss-reactive ketones (excluding diaryl/α,β-unsaturated/α-hetero) is 1. The number of fused-ring (bicyclic) bond motifs is 1. The van der Waals surface area contributed by atoms with E-state index >= 15 is 0 Å². The molecular weight excluding hydrogens is 318 g/mol. The Morgan fingerprint density at radius 1 is 1.44 bits per heavy atom. The number of aromatic nitrogens is 3. The van der Waals surface area contributed by atoms with Crippen LogP contribution in [0.4, 0.5) is 0 Å². The van der Waals surface area contributed by atoms with Crippen molar-refractivity contribution >= 4 is 22.7 Å². The number of rotatable bonds is 6. The number of nitrogens with zero attached hydrogens (tertiary/aromatic N) is 4. The maximum absolute atomic E-state index is 12.1. The summed E-state index contributed by atoms with van der Waals surface area (Å²) in [6.45, 7) is 7.91. The molecule has 25 heavy (non-hydrogen) atoms. The molecule has 0 radical (unpaired) electrons. The topological polar surface area (TPSA) is 83.5 Å². The van der Waals surface area contributed by atoms with Crippen LogP contribution < -0.4 is 0 Å². The Kier molecular flexibility index (Phi) is 5.23. The number of hydrogen-bond acceptors (Lipinski definition) is 6. The quantitative estimate of drug-likeness (QED) is 0.377. The second kappa shape index (κ2) is 7.57. The summed E-state index contributed by atoms with van der Waals surface area (Å²) in [4.78, 5) is 19.1. The minimum atomic E-state index is -0.0567. The van der Waals surface area contributed by atoms with Crippen molar-refractivity contribution in [2.75, 3.05) is 26.7 Å². The second-order valence-electron chi connectivity index (χ2n) is 6.20. The molecule has 0 aliphatic carbocycles. The Balaban J connectivity index is 1.91. The molecule has 0 bridgehead atoms. The summed E-state index contributed by atoms with van der Waals surface area (Å²) in [5, 5.41) is 10.7. The van der Waals surface area contributed by atoms with Crippen molar-refractivity contribution in [3.63, 3.8) is 0 Å². The number of nitrogens with one attached hydrogen (secondary N) is 1. The highest BCUT2D eigenvalue weighted by atomic mass is 16.5. The van der Waals surface area contributed by atoms with Crippen LogP contribution in [0.3, 0.4) is 0 Å². The number of H-pyrrole nitrogens is 1. The van der Waals surface area contributed by atoms with Gasteiger partial charge in [0.2, 0.25) is 5.90 Å². The van der Waals surface area contributed by atoms with Gasteiger partial charge in [-0.1, -0.05) is 6.08 Å². The van der Waals surface area contributed by atoms with Crippen molar-refractivity contribution in [3.05, 3.63) is 35.9 Å². The van der Waals surface area contributed by atoms with Gasteiger partial charge in [-0.15, -0.1) is 6.58 Å². The first kappa shape index (κ1) is 17.3. The molecule has 2 aromatic rings. The van der Waals surface area contributed by atoms with Crippen molar-refractivity contribution in [1.82, 2.24) is 20.3 Å². The van der Waals surface area contributed by atoms with Gasteiger partial charge in [0.15, 0.2) is 5.78 Å². The van der Waals surface area contributed by atoms with Gasteiger partial charge in [-0.2, -0.15) is 15.4 Å². The molecule has 2 heterocycles. The molecule has 0 spiro atoms. The van der Waals surface area contributed by atoms with Gasteiger partial charge in [0.1, 0.15) is 11.0 Å². The highest BCUT2D eigenvalue weighted by Gasteiger charge is 2.24. The van der Waals surface area contributed by atoms with E-state index in [4.69, 9.17) is 4.74 Å². The zero-order chi connectivity index (χ0) is 17.8. The van der Waals surface area contributed by atoms with E-state index in [1.807, 2.05) is 6.08 Å². The number of ether oxygens (including phenoxy) is 1. The number of benzene rings is 1. The third-order valence-electron chi connectivity index (χ3n) is 4.57. The zero-order valence-electron chi connectivity index (χ0n) is 14.7. The van der Waals surface area contributed by atoms with Gasteiger partial charge in [0, 0.05) is 23.7 Å². The van der Waals surface area contributed by atoms with Crippen LogP contribution in [0.15, 0.2) is 29.8 Å². The first-order chi connectivity index (χ1) is 12.1. The summed E-state index contributed by atoms with van der Waals surface area (Å²) in [7, 11) is 1.58. The van der Waals surface area contributed by atoms with Gasteiger partial charge < -0.3 is 4.74 Å². The fourth-order valence-corrected chi connectivity index (χ4v) is 3.31. The normalized spacial score (nSPS) is 18.6. The van der Waals surface area contributed by atoms with Crippen molar-refractivity contribution < 1.29 is 9.53 Å². The summed E-state index contributed by atoms with van der Waals surface area (Å²) < 4.78 is 5.51. The summed E-state index contributed by atoms with van der Waals surface area (Å²) in [6.07, 6.45) is 4.20. The van der Waals surface area contributed by atoms with Crippen LogP contribution in [0.2, 0.25) is 0 Å². The number of hydrogen-bond donors (Lipinski definition) is 1. The standard InChI is InChI=1S/C18H23N5O2/c1-4-7-23-8-5-6-13(23)11-19-18(25-3)15-10-17-16(20-22-21-17)9-14(15)12(2)24/h4,9-10,13H,1,5-8,11H2,2-3H3,(H,20,21,22). The number of likely N-dealkylation sites (tertiary alicyclic amines) is 1. The van der Waals surface area contributed by atoms with Gasteiger partial charge in [-0.25, -0.2) is 4.99 Å². The minimum absolute atomic E-state index is 0.0567. The van der Waals surface area contributed by atoms with Gasteiger partial charge in [-0.3, -0.25) is 9.69 Å². The predicted octanol–water partition coefficient (Wildman–Crippen LogP) is 2.20. The molecule has 1 aromatic carbocycles. The summed E-state index contributed by atoms with van der Waals surface area (Å²) in [5.41, 5.74) is 2.53. The molecule has 1 atom stereocenters. The third-order valence-corrected chi connectivity index (χ3v) is 4.57. The number of carbonyl (C=O) groups excluding carboxylic acids is 1. The maximum Gasteiger partial charge on any atom is 0.216 e. The summed E-state index contributed by atoms with van der Waals surface area (Å²) in [6, 6.07) is 3.90. The molecular formula is C18H23N5O2. The molecule has 132 valence electrons. The zero-order valence-corrected chi connectivity index (χ0v) is 14.7. The lowest BCUT2D eigenvalue weighted by molar-refractivity contribution is 0.101. The largest absolute Gasteiger partial charge is 0.481 e. The van der Waals surface area contributed by atoms with Crippen LogP contribution in [0.1, 0.15) is 35.7 Å².